The zero-order chi connectivity index (χ0) is 30.7. The van der Waals surface area contributed by atoms with Gasteiger partial charge in [0.2, 0.25) is 0 Å². The number of imide groups is 1. The Hall–Kier alpha value is -4.00. The average Bonchev–Trinajstić information content (AvgIpc) is 3.27. The second-order valence-corrected chi connectivity index (χ2v) is 12.7. The monoisotopic (exact) mass is 608 g/mol. The van der Waals surface area contributed by atoms with Crippen LogP contribution in [0, 0.1) is 11.3 Å². The van der Waals surface area contributed by atoms with Gasteiger partial charge >= 0.3 is 5.97 Å². The number of hydrogen-bond donors (Lipinski definition) is 0. The van der Waals surface area contributed by atoms with E-state index in [4.69, 9.17) is 16.3 Å². The van der Waals surface area contributed by atoms with E-state index in [1.807, 2.05) is 24.3 Å². The Kier molecular flexibility index (Phi) is 8.83. The van der Waals surface area contributed by atoms with Crippen LogP contribution >= 0.6 is 11.6 Å². The predicted octanol–water partition coefficient (Wildman–Crippen LogP) is 7.13. The van der Waals surface area contributed by atoms with E-state index in [-0.39, 0.29) is 23.3 Å². The smallest absolute Gasteiger partial charge is 0.340 e. The SMILES string of the molecule is CC1=CC(=O)N(c2ccccc2C(=O)OC[C@]23CCC[C@H](CN(CCCc4ccccc4)C2)C3=Cc2cccc(Cl)c2)C1=O. The first kappa shape index (κ1) is 30.0. The van der Waals surface area contributed by atoms with Crippen molar-refractivity contribution in [3.63, 3.8) is 0 Å². The molecule has 1 aliphatic carbocycles. The number of ether oxygens (including phenoxy) is 1. The molecule has 6 nitrogen and oxygen atoms in total. The predicted molar refractivity (Wildman–Crippen MR) is 173 cm³/mol. The zero-order valence-corrected chi connectivity index (χ0v) is 25.8. The molecule has 2 heterocycles. The number of nitrogens with zero attached hydrogens (tertiary/aromatic N) is 2. The van der Waals surface area contributed by atoms with Crippen LogP contribution in [0.3, 0.4) is 0 Å². The highest BCUT2D eigenvalue weighted by Crippen LogP contribution is 2.49. The van der Waals surface area contributed by atoms with Crippen LogP contribution in [0.5, 0.6) is 0 Å². The molecule has 2 bridgehead atoms. The molecule has 226 valence electrons. The third-order valence-corrected chi connectivity index (χ3v) is 9.40. The molecule has 0 radical (unpaired) electrons. The van der Waals surface area contributed by atoms with Gasteiger partial charge in [-0.1, -0.05) is 84.3 Å². The van der Waals surface area contributed by atoms with Crippen molar-refractivity contribution in [1.29, 1.82) is 0 Å². The number of carbonyl (C=O) groups excluding carboxylic acids is 3. The maximum absolute atomic E-state index is 13.7. The number of likely N-dealkylation sites (tertiary alicyclic amines) is 1. The molecule has 0 spiro atoms. The molecule has 44 heavy (non-hydrogen) atoms. The first-order chi connectivity index (χ1) is 21.3. The van der Waals surface area contributed by atoms with Crippen molar-refractivity contribution in [3.8, 4) is 0 Å². The fourth-order valence-electron chi connectivity index (χ4n) is 7.09. The molecule has 0 aromatic heterocycles. The second kappa shape index (κ2) is 12.9. The minimum Gasteiger partial charge on any atom is -0.461 e. The van der Waals surface area contributed by atoms with Gasteiger partial charge < -0.3 is 9.64 Å². The summed E-state index contributed by atoms with van der Waals surface area (Å²) in [5, 5.41) is 0.690. The van der Waals surface area contributed by atoms with Gasteiger partial charge in [-0.3, -0.25) is 9.59 Å². The Balaban J connectivity index is 1.25. The Morgan fingerprint density at radius 2 is 1.84 bits per heavy atom. The molecule has 2 amide bonds. The van der Waals surface area contributed by atoms with E-state index >= 15 is 0 Å². The van der Waals surface area contributed by atoms with Crippen molar-refractivity contribution in [2.75, 3.05) is 31.1 Å². The summed E-state index contributed by atoms with van der Waals surface area (Å²) in [5.74, 6) is -1.06. The Morgan fingerprint density at radius 3 is 2.61 bits per heavy atom. The fourth-order valence-corrected chi connectivity index (χ4v) is 7.29. The number of carbonyl (C=O) groups is 3. The highest BCUT2D eigenvalue weighted by atomic mass is 35.5. The molecule has 2 aliphatic heterocycles. The Labute approximate surface area is 264 Å². The van der Waals surface area contributed by atoms with Gasteiger partial charge in [0.15, 0.2) is 0 Å². The van der Waals surface area contributed by atoms with Crippen molar-refractivity contribution in [2.24, 2.45) is 11.3 Å². The van der Waals surface area contributed by atoms with Gasteiger partial charge in [0.25, 0.3) is 11.8 Å². The Morgan fingerprint density at radius 1 is 1.05 bits per heavy atom. The lowest BCUT2D eigenvalue weighted by molar-refractivity contribution is -0.120. The quantitative estimate of drug-likeness (QED) is 0.191. The van der Waals surface area contributed by atoms with Crippen LogP contribution in [0.4, 0.5) is 5.69 Å². The lowest BCUT2D eigenvalue weighted by atomic mass is 9.62. The van der Waals surface area contributed by atoms with Gasteiger partial charge in [0.1, 0.15) is 6.61 Å². The Bertz CT molecular complexity index is 1630. The minimum atomic E-state index is -0.537. The van der Waals surface area contributed by atoms with E-state index in [1.165, 1.54) is 17.2 Å². The molecule has 2 atom stereocenters. The van der Waals surface area contributed by atoms with Crippen LogP contribution in [0.2, 0.25) is 5.02 Å². The van der Waals surface area contributed by atoms with Gasteiger partial charge in [-0.2, -0.15) is 0 Å². The number of piperidine rings is 1. The normalized spacial score (nSPS) is 22.8. The van der Waals surface area contributed by atoms with Crippen LogP contribution < -0.4 is 4.90 Å². The standard InChI is InChI=1S/C37H37ClN2O4/c1-26-20-34(41)40(35(26)42)33-17-6-5-16-31(33)36(43)44-25-37-18-8-14-29(32(37)22-28-12-7-15-30(38)21-28)23-39(24-37)19-9-13-27-10-3-2-4-11-27/h2-7,10-12,15-17,20-22,29H,8-9,13-14,18-19,23-25H2,1H3/t29-,37+/m1/s1. The molecule has 2 fully saturated rings. The van der Waals surface area contributed by atoms with Crippen molar-refractivity contribution in [2.45, 2.75) is 39.0 Å². The van der Waals surface area contributed by atoms with Gasteiger partial charge in [-0.25, -0.2) is 9.69 Å². The van der Waals surface area contributed by atoms with Gasteiger partial charge in [-0.05, 0) is 80.5 Å². The fraction of sp³-hybridized carbons (Fsp3) is 0.324. The number of benzene rings is 3. The number of esters is 1. The molecular weight excluding hydrogens is 572 g/mol. The lowest BCUT2D eigenvalue weighted by Crippen LogP contribution is -2.53. The summed E-state index contributed by atoms with van der Waals surface area (Å²) in [6.45, 7) is 4.57. The van der Waals surface area contributed by atoms with Crippen LogP contribution in [0.25, 0.3) is 6.08 Å². The molecule has 1 saturated carbocycles. The molecule has 1 saturated heterocycles. The summed E-state index contributed by atoms with van der Waals surface area (Å²) in [4.78, 5) is 42.7. The third-order valence-electron chi connectivity index (χ3n) is 9.16. The highest BCUT2D eigenvalue weighted by Gasteiger charge is 2.47. The number of halogens is 1. The summed E-state index contributed by atoms with van der Waals surface area (Å²) in [6, 6.07) is 25.1. The number of para-hydroxylation sites is 1. The summed E-state index contributed by atoms with van der Waals surface area (Å²) in [6.07, 6.45) is 8.69. The van der Waals surface area contributed by atoms with Crippen molar-refractivity contribution in [3.05, 3.63) is 118 Å². The van der Waals surface area contributed by atoms with Gasteiger partial charge in [-0.15, -0.1) is 0 Å². The molecule has 3 aromatic rings. The van der Waals surface area contributed by atoms with E-state index in [0.29, 0.717) is 16.5 Å². The topological polar surface area (TPSA) is 66.9 Å². The first-order valence-electron chi connectivity index (χ1n) is 15.4. The van der Waals surface area contributed by atoms with Crippen LogP contribution in [-0.4, -0.2) is 48.9 Å². The molecule has 3 aliphatic rings. The molecule has 6 rings (SSSR count). The maximum atomic E-state index is 13.7. The van der Waals surface area contributed by atoms with E-state index in [2.05, 4.69) is 41.3 Å². The van der Waals surface area contributed by atoms with E-state index in [1.54, 1.807) is 31.2 Å². The molecular formula is C37H37ClN2O4. The highest BCUT2D eigenvalue weighted by molar-refractivity contribution is 6.31. The molecule has 7 heteroatoms. The van der Waals surface area contributed by atoms with E-state index < -0.39 is 17.8 Å². The molecule has 0 unspecified atom stereocenters. The largest absolute Gasteiger partial charge is 0.461 e. The number of anilines is 1. The maximum Gasteiger partial charge on any atom is 0.340 e. The number of rotatable bonds is 9. The summed E-state index contributed by atoms with van der Waals surface area (Å²) in [7, 11) is 0. The number of amides is 2. The van der Waals surface area contributed by atoms with E-state index in [9.17, 15) is 14.4 Å². The molecule has 3 aromatic carbocycles. The van der Waals surface area contributed by atoms with Crippen molar-refractivity contribution >= 4 is 41.1 Å². The minimum absolute atomic E-state index is 0.206. The number of aryl methyl sites for hydroxylation is 1. The first-order valence-corrected chi connectivity index (χ1v) is 15.8. The van der Waals surface area contributed by atoms with Crippen LogP contribution in [-0.2, 0) is 20.7 Å². The molecule has 0 N–H and O–H groups in total. The summed E-state index contributed by atoms with van der Waals surface area (Å²) < 4.78 is 6.16. The summed E-state index contributed by atoms with van der Waals surface area (Å²) in [5.41, 5.74) is 4.16. The van der Waals surface area contributed by atoms with E-state index in [0.717, 1.165) is 62.2 Å². The van der Waals surface area contributed by atoms with Crippen LogP contribution in [0.1, 0.15) is 54.1 Å². The second-order valence-electron chi connectivity index (χ2n) is 12.2. The third kappa shape index (κ3) is 6.28. The number of hydrogen-bond acceptors (Lipinski definition) is 5. The van der Waals surface area contributed by atoms with Crippen LogP contribution in [0.15, 0.2) is 96.1 Å². The lowest BCUT2D eigenvalue weighted by Gasteiger charge is -2.51. The van der Waals surface area contributed by atoms with Crippen molar-refractivity contribution < 1.29 is 19.1 Å². The van der Waals surface area contributed by atoms with Crippen molar-refractivity contribution in [1.82, 2.24) is 4.90 Å². The average molecular weight is 609 g/mol. The van der Waals surface area contributed by atoms with Gasteiger partial charge in [0.05, 0.1) is 11.3 Å². The van der Waals surface area contributed by atoms with Gasteiger partial charge in [0, 0.05) is 35.2 Å². The zero-order valence-electron chi connectivity index (χ0n) is 25.0. The number of fused-ring (bicyclic) bond motifs is 2. The summed E-state index contributed by atoms with van der Waals surface area (Å²) >= 11 is 6.36.